The average molecular weight is 377 g/mol. The maximum absolute atomic E-state index is 12.3. The molecule has 28 heavy (non-hydrogen) atoms. The van der Waals surface area contributed by atoms with E-state index in [0.29, 0.717) is 28.0 Å². The van der Waals surface area contributed by atoms with Crippen LogP contribution in [0.2, 0.25) is 0 Å². The minimum atomic E-state index is -0.548. The Balaban J connectivity index is 1.76. The van der Waals surface area contributed by atoms with Crippen molar-refractivity contribution in [1.29, 1.82) is 0 Å². The molecule has 1 N–H and O–H groups in total. The lowest BCUT2D eigenvalue weighted by atomic mass is 10.1. The number of hydrogen-bond acceptors (Lipinski definition) is 6. The van der Waals surface area contributed by atoms with Crippen molar-refractivity contribution in [2.75, 3.05) is 7.11 Å². The summed E-state index contributed by atoms with van der Waals surface area (Å²) in [7, 11) is 1.54. The maximum atomic E-state index is 12.3. The SMILES string of the molecule is COc1ccc(-c2nc3ccccc3c(=O)[nH]2)cc1Cn1ccc([N+](=O)[O-])n1. The highest BCUT2D eigenvalue weighted by atomic mass is 16.6. The quantitative estimate of drug-likeness (QED) is 0.422. The Morgan fingerprint density at radius 2 is 2.04 bits per heavy atom. The summed E-state index contributed by atoms with van der Waals surface area (Å²) < 4.78 is 6.84. The Bertz CT molecular complexity index is 1240. The maximum Gasteiger partial charge on any atom is 0.389 e. The van der Waals surface area contributed by atoms with Gasteiger partial charge in [0.1, 0.15) is 11.6 Å². The number of ether oxygens (including phenoxy) is 1. The molecule has 0 bridgehead atoms. The number of aromatic amines is 1. The van der Waals surface area contributed by atoms with E-state index >= 15 is 0 Å². The van der Waals surface area contributed by atoms with Crippen LogP contribution >= 0.6 is 0 Å². The van der Waals surface area contributed by atoms with Gasteiger partial charge in [0.25, 0.3) is 5.56 Å². The van der Waals surface area contributed by atoms with E-state index in [9.17, 15) is 14.9 Å². The van der Waals surface area contributed by atoms with Crippen LogP contribution in [-0.4, -0.2) is 31.8 Å². The first kappa shape index (κ1) is 17.4. The first-order valence-electron chi connectivity index (χ1n) is 8.39. The fraction of sp³-hybridized carbons (Fsp3) is 0.105. The van der Waals surface area contributed by atoms with Crippen LogP contribution in [0.4, 0.5) is 5.82 Å². The second-order valence-electron chi connectivity index (χ2n) is 6.09. The summed E-state index contributed by atoms with van der Waals surface area (Å²) in [6, 6.07) is 13.8. The van der Waals surface area contributed by atoms with E-state index < -0.39 is 4.92 Å². The minimum Gasteiger partial charge on any atom is -0.496 e. The van der Waals surface area contributed by atoms with E-state index in [1.54, 1.807) is 37.4 Å². The highest BCUT2D eigenvalue weighted by Gasteiger charge is 2.14. The van der Waals surface area contributed by atoms with E-state index in [2.05, 4.69) is 15.1 Å². The fourth-order valence-electron chi connectivity index (χ4n) is 2.98. The van der Waals surface area contributed by atoms with Crippen LogP contribution in [0.25, 0.3) is 22.3 Å². The molecule has 4 rings (SSSR count). The third-order valence-electron chi connectivity index (χ3n) is 4.31. The van der Waals surface area contributed by atoms with Crippen LogP contribution in [0.15, 0.2) is 59.5 Å². The monoisotopic (exact) mass is 377 g/mol. The first-order chi connectivity index (χ1) is 13.5. The highest BCUT2D eigenvalue weighted by Crippen LogP contribution is 2.26. The fourth-order valence-corrected chi connectivity index (χ4v) is 2.98. The molecule has 0 atom stereocenters. The molecule has 0 radical (unpaired) electrons. The molecule has 2 aromatic carbocycles. The first-order valence-corrected chi connectivity index (χ1v) is 8.39. The van der Waals surface area contributed by atoms with Gasteiger partial charge in [-0.15, -0.1) is 0 Å². The number of benzene rings is 2. The molecule has 0 spiro atoms. The molecule has 2 heterocycles. The lowest BCUT2D eigenvalue weighted by Crippen LogP contribution is -2.10. The Kier molecular flexibility index (Phi) is 4.32. The van der Waals surface area contributed by atoms with Gasteiger partial charge in [0.2, 0.25) is 0 Å². The molecule has 0 saturated heterocycles. The van der Waals surface area contributed by atoms with Crippen LogP contribution in [0.5, 0.6) is 5.75 Å². The Morgan fingerprint density at radius 3 is 2.79 bits per heavy atom. The zero-order valence-corrected chi connectivity index (χ0v) is 14.8. The zero-order chi connectivity index (χ0) is 19.7. The third kappa shape index (κ3) is 3.20. The van der Waals surface area contributed by atoms with Gasteiger partial charge in [0.15, 0.2) is 0 Å². The number of hydrogen-bond donors (Lipinski definition) is 1. The normalized spacial score (nSPS) is 10.9. The third-order valence-corrected chi connectivity index (χ3v) is 4.31. The number of rotatable bonds is 5. The number of fused-ring (bicyclic) bond motifs is 1. The topological polar surface area (TPSA) is 116 Å². The predicted molar refractivity (Wildman–Crippen MR) is 102 cm³/mol. The van der Waals surface area contributed by atoms with Gasteiger partial charge in [-0.05, 0) is 35.3 Å². The Hall–Kier alpha value is -4.01. The predicted octanol–water partition coefficient (Wildman–Crippen LogP) is 2.75. The summed E-state index contributed by atoms with van der Waals surface area (Å²) in [6.07, 6.45) is 1.53. The molecular weight excluding hydrogens is 362 g/mol. The second kappa shape index (κ2) is 6.95. The second-order valence-corrected chi connectivity index (χ2v) is 6.09. The van der Waals surface area contributed by atoms with Gasteiger partial charge in [-0.25, -0.2) is 4.98 Å². The van der Waals surface area contributed by atoms with Crippen molar-refractivity contribution in [1.82, 2.24) is 19.7 Å². The summed E-state index contributed by atoms with van der Waals surface area (Å²) in [5.41, 5.74) is 1.82. The molecule has 140 valence electrons. The number of methoxy groups -OCH3 is 1. The molecule has 0 amide bonds. The molecular formula is C19H15N5O4. The van der Waals surface area contributed by atoms with Crippen molar-refractivity contribution in [2.45, 2.75) is 6.54 Å². The Labute approximate surface area is 158 Å². The van der Waals surface area contributed by atoms with Crippen molar-refractivity contribution in [3.8, 4) is 17.1 Å². The van der Waals surface area contributed by atoms with Gasteiger partial charge in [0.05, 0.1) is 41.9 Å². The van der Waals surface area contributed by atoms with Gasteiger partial charge in [-0.1, -0.05) is 12.1 Å². The van der Waals surface area contributed by atoms with Gasteiger partial charge < -0.3 is 19.8 Å². The van der Waals surface area contributed by atoms with Gasteiger partial charge in [0, 0.05) is 11.1 Å². The molecule has 0 aliphatic heterocycles. The van der Waals surface area contributed by atoms with E-state index in [4.69, 9.17) is 4.74 Å². The van der Waals surface area contributed by atoms with Crippen LogP contribution in [-0.2, 0) is 6.54 Å². The van der Waals surface area contributed by atoms with Crippen LogP contribution < -0.4 is 10.3 Å². The molecule has 4 aromatic rings. The van der Waals surface area contributed by atoms with Crippen molar-refractivity contribution in [3.63, 3.8) is 0 Å². The zero-order valence-electron chi connectivity index (χ0n) is 14.8. The number of H-pyrrole nitrogens is 1. The largest absolute Gasteiger partial charge is 0.496 e. The Morgan fingerprint density at radius 1 is 1.21 bits per heavy atom. The van der Waals surface area contributed by atoms with E-state index in [0.717, 1.165) is 5.56 Å². The average Bonchev–Trinajstić information content (AvgIpc) is 3.17. The van der Waals surface area contributed by atoms with Crippen LogP contribution in [0, 0.1) is 10.1 Å². The number of nitro groups is 1. The summed E-state index contributed by atoms with van der Waals surface area (Å²) in [5.74, 6) is 0.805. The van der Waals surface area contributed by atoms with Gasteiger partial charge in [-0.3, -0.25) is 4.79 Å². The highest BCUT2D eigenvalue weighted by molar-refractivity contribution is 5.79. The van der Waals surface area contributed by atoms with E-state index in [-0.39, 0.29) is 17.9 Å². The number of nitrogens with one attached hydrogen (secondary N) is 1. The standard InChI is InChI=1S/C19H15N5O4/c1-28-16-7-6-12(10-13(16)11-23-9-8-17(22-23)24(26)27)18-20-15-5-3-2-4-14(15)19(25)21-18/h2-10H,11H2,1H3,(H,20,21,25). The molecule has 0 aliphatic rings. The smallest absolute Gasteiger partial charge is 0.389 e. The molecule has 0 fully saturated rings. The number of aromatic nitrogens is 4. The molecule has 0 saturated carbocycles. The van der Waals surface area contributed by atoms with E-state index in [1.165, 1.54) is 16.9 Å². The number of nitrogens with zero attached hydrogens (tertiary/aromatic N) is 4. The summed E-state index contributed by atoms with van der Waals surface area (Å²) in [4.78, 5) is 29.9. The summed E-state index contributed by atoms with van der Waals surface area (Å²) >= 11 is 0. The summed E-state index contributed by atoms with van der Waals surface area (Å²) in [6.45, 7) is 0.267. The van der Waals surface area contributed by atoms with Crippen LogP contribution in [0.1, 0.15) is 5.56 Å². The minimum absolute atomic E-state index is 0.222. The van der Waals surface area contributed by atoms with Crippen molar-refractivity contribution < 1.29 is 9.66 Å². The molecule has 0 unspecified atom stereocenters. The molecule has 2 aromatic heterocycles. The lowest BCUT2D eigenvalue weighted by Gasteiger charge is -2.10. The van der Waals surface area contributed by atoms with Gasteiger partial charge in [-0.2, -0.15) is 4.68 Å². The lowest BCUT2D eigenvalue weighted by molar-refractivity contribution is -0.389. The van der Waals surface area contributed by atoms with Crippen molar-refractivity contribution in [2.24, 2.45) is 0 Å². The van der Waals surface area contributed by atoms with Crippen molar-refractivity contribution >= 4 is 16.7 Å². The molecule has 9 heteroatoms. The van der Waals surface area contributed by atoms with Crippen LogP contribution in [0.3, 0.4) is 0 Å². The number of para-hydroxylation sites is 1. The molecule has 0 aliphatic carbocycles. The summed E-state index contributed by atoms with van der Waals surface area (Å²) in [5, 5.41) is 15.3. The van der Waals surface area contributed by atoms with Crippen molar-refractivity contribution in [3.05, 3.63) is 80.8 Å². The van der Waals surface area contributed by atoms with Gasteiger partial charge >= 0.3 is 5.82 Å². The molecule has 9 nitrogen and oxygen atoms in total. The van der Waals surface area contributed by atoms with E-state index in [1.807, 2.05) is 12.1 Å².